The fourth-order valence-electron chi connectivity index (χ4n) is 0.477. The van der Waals surface area contributed by atoms with E-state index in [-0.39, 0.29) is 0 Å². The Bertz CT molecular complexity index is 220. The quantitative estimate of drug-likeness (QED) is 0.558. The molecule has 0 atom stereocenters. The molecule has 0 N–H and O–H groups in total. The molecule has 1 rings (SSSR count). The van der Waals surface area contributed by atoms with E-state index in [1.54, 1.807) is 0 Å². The molecule has 1 nitrogen and oxygen atoms in total. The SMILES string of the molecule is C=O.Fc1cccc(F)c1Cl. The summed E-state index contributed by atoms with van der Waals surface area (Å²) >= 11 is 5.13. The minimum absolute atomic E-state index is 0.447. The van der Waals surface area contributed by atoms with E-state index < -0.39 is 16.7 Å². The summed E-state index contributed by atoms with van der Waals surface area (Å²) in [4.78, 5) is 8.00. The number of carbonyl (C=O) groups excluding carboxylic acids is 1. The predicted molar refractivity (Wildman–Crippen MR) is 38.5 cm³/mol. The molecule has 1 aromatic carbocycles. The molecule has 0 saturated heterocycles. The van der Waals surface area contributed by atoms with Gasteiger partial charge in [-0.15, -0.1) is 0 Å². The Morgan fingerprint density at radius 3 is 1.82 bits per heavy atom. The molecule has 4 heteroatoms. The molecule has 0 spiro atoms. The van der Waals surface area contributed by atoms with Gasteiger partial charge in [-0.25, -0.2) is 8.78 Å². The van der Waals surface area contributed by atoms with Crippen LogP contribution in [-0.2, 0) is 4.79 Å². The second-order valence-electron chi connectivity index (χ2n) is 1.54. The maximum Gasteiger partial charge on any atom is 0.144 e. The zero-order chi connectivity index (χ0) is 8.85. The molecule has 60 valence electrons. The lowest BCUT2D eigenvalue weighted by Crippen LogP contribution is -1.79. The van der Waals surface area contributed by atoms with Crippen LogP contribution in [0.5, 0.6) is 0 Å². The van der Waals surface area contributed by atoms with Gasteiger partial charge in [0.25, 0.3) is 0 Å². The van der Waals surface area contributed by atoms with Crippen molar-refractivity contribution >= 4 is 18.4 Å². The second-order valence-corrected chi connectivity index (χ2v) is 1.91. The molecule has 0 bridgehead atoms. The third kappa shape index (κ3) is 2.63. The van der Waals surface area contributed by atoms with Crippen LogP contribution in [0.3, 0.4) is 0 Å². The Balaban J connectivity index is 0.000000461. The van der Waals surface area contributed by atoms with Crippen molar-refractivity contribution in [2.45, 2.75) is 0 Å². The minimum atomic E-state index is -0.725. The molecule has 0 aliphatic heterocycles. The van der Waals surface area contributed by atoms with Crippen LogP contribution in [0, 0.1) is 11.6 Å². The number of hydrogen-bond acceptors (Lipinski definition) is 1. The van der Waals surface area contributed by atoms with Gasteiger partial charge in [0, 0.05) is 0 Å². The summed E-state index contributed by atoms with van der Waals surface area (Å²) in [6.07, 6.45) is 0. The number of carbonyl (C=O) groups is 1. The van der Waals surface area contributed by atoms with Gasteiger partial charge in [0.1, 0.15) is 23.4 Å². The van der Waals surface area contributed by atoms with Crippen LogP contribution in [0.4, 0.5) is 8.78 Å². The Kier molecular flexibility index (Phi) is 4.38. The Labute approximate surface area is 67.6 Å². The lowest BCUT2D eigenvalue weighted by Gasteiger charge is -1.91. The van der Waals surface area contributed by atoms with Crippen molar-refractivity contribution in [2.24, 2.45) is 0 Å². The molecule has 0 aromatic heterocycles. The fourth-order valence-corrected chi connectivity index (χ4v) is 0.603. The molecule has 0 unspecified atom stereocenters. The van der Waals surface area contributed by atoms with E-state index in [4.69, 9.17) is 16.4 Å². The third-order valence-electron chi connectivity index (χ3n) is 0.904. The largest absolute Gasteiger partial charge is 0.307 e. The van der Waals surface area contributed by atoms with Gasteiger partial charge < -0.3 is 4.79 Å². The summed E-state index contributed by atoms with van der Waals surface area (Å²) in [5, 5.41) is -0.447. The molecular weight excluding hydrogens is 174 g/mol. The van der Waals surface area contributed by atoms with Crippen molar-refractivity contribution < 1.29 is 13.6 Å². The Morgan fingerprint density at radius 1 is 1.18 bits per heavy atom. The highest BCUT2D eigenvalue weighted by molar-refractivity contribution is 6.30. The summed E-state index contributed by atoms with van der Waals surface area (Å²) in [6, 6.07) is 3.47. The van der Waals surface area contributed by atoms with Gasteiger partial charge in [-0.2, -0.15) is 0 Å². The van der Waals surface area contributed by atoms with E-state index in [2.05, 4.69) is 0 Å². The molecule has 0 radical (unpaired) electrons. The monoisotopic (exact) mass is 178 g/mol. The van der Waals surface area contributed by atoms with Gasteiger partial charge in [-0.3, -0.25) is 0 Å². The minimum Gasteiger partial charge on any atom is -0.307 e. The van der Waals surface area contributed by atoms with Crippen LogP contribution >= 0.6 is 11.6 Å². The van der Waals surface area contributed by atoms with E-state index in [9.17, 15) is 8.78 Å². The molecule has 11 heavy (non-hydrogen) atoms. The van der Waals surface area contributed by atoms with Gasteiger partial charge in [0.05, 0.1) is 0 Å². The molecule has 0 fully saturated rings. The van der Waals surface area contributed by atoms with Gasteiger partial charge in [0.2, 0.25) is 0 Å². The number of halogens is 3. The first-order valence-electron chi connectivity index (χ1n) is 2.60. The molecule has 0 amide bonds. The molecule has 0 aliphatic rings. The standard InChI is InChI=1S/C6H3ClF2.CH2O/c7-6-4(8)2-1-3-5(6)9;1-2/h1-3H;1H2. The zero-order valence-electron chi connectivity index (χ0n) is 5.48. The zero-order valence-corrected chi connectivity index (χ0v) is 6.24. The Morgan fingerprint density at radius 2 is 1.55 bits per heavy atom. The summed E-state index contributed by atoms with van der Waals surface area (Å²) in [7, 11) is 0. The molecule has 1 aromatic rings. The average molecular weight is 179 g/mol. The molecule has 0 saturated carbocycles. The molecule has 0 heterocycles. The van der Waals surface area contributed by atoms with Crippen molar-refractivity contribution in [1.82, 2.24) is 0 Å². The maximum atomic E-state index is 12.2. The van der Waals surface area contributed by atoms with Crippen molar-refractivity contribution in [3.63, 3.8) is 0 Å². The lowest BCUT2D eigenvalue weighted by molar-refractivity contribution is -0.0979. The fraction of sp³-hybridized carbons (Fsp3) is 0. The summed E-state index contributed by atoms with van der Waals surface area (Å²) in [6.45, 7) is 2.00. The Hall–Kier alpha value is -0.960. The normalized spacial score (nSPS) is 8.27. The topological polar surface area (TPSA) is 17.1 Å². The van der Waals surface area contributed by atoms with Crippen molar-refractivity contribution in [1.29, 1.82) is 0 Å². The highest BCUT2D eigenvalue weighted by Crippen LogP contribution is 2.16. The van der Waals surface area contributed by atoms with Crippen LogP contribution in [0.25, 0.3) is 0 Å². The molecular formula is C7H5ClF2O. The van der Waals surface area contributed by atoms with Crippen molar-refractivity contribution in [2.75, 3.05) is 0 Å². The first-order chi connectivity index (χ1) is 5.22. The van der Waals surface area contributed by atoms with Gasteiger partial charge in [-0.05, 0) is 12.1 Å². The van der Waals surface area contributed by atoms with Crippen LogP contribution in [0.1, 0.15) is 0 Å². The number of benzene rings is 1. The third-order valence-corrected chi connectivity index (χ3v) is 1.27. The number of hydrogen-bond donors (Lipinski definition) is 0. The van der Waals surface area contributed by atoms with Crippen LogP contribution in [-0.4, -0.2) is 6.79 Å². The second kappa shape index (κ2) is 4.79. The maximum absolute atomic E-state index is 12.2. The summed E-state index contributed by atoms with van der Waals surface area (Å²) in [5.41, 5.74) is 0. The van der Waals surface area contributed by atoms with Crippen molar-refractivity contribution in [3.05, 3.63) is 34.9 Å². The highest BCUT2D eigenvalue weighted by atomic mass is 35.5. The van der Waals surface area contributed by atoms with E-state index >= 15 is 0 Å². The van der Waals surface area contributed by atoms with Crippen molar-refractivity contribution in [3.8, 4) is 0 Å². The van der Waals surface area contributed by atoms with Crippen LogP contribution in [0.15, 0.2) is 18.2 Å². The van der Waals surface area contributed by atoms with Gasteiger partial charge >= 0.3 is 0 Å². The summed E-state index contributed by atoms with van der Waals surface area (Å²) < 4.78 is 24.4. The lowest BCUT2D eigenvalue weighted by atomic mass is 10.3. The smallest absolute Gasteiger partial charge is 0.144 e. The average Bonchev–Trinajstić information content (AvgIpc) is 2.04. The van der Waals surface area contributed by atoms with Crippen LogP contribution < -0.4 is 0 Å². The number of rotatable bonds is 0. The first-order valence-corrected chi connectivity index (χ1v) is 2.98. The first kappa shape index (κ1) is 10.0. The summed E-state index contributed by atoms with van der Waals surface area (Å²) in [5.74, 6) is -1.45. The molecule has 0 aliphatic carbocycles. The van der Waals surface area contributed by atoms with Gasteiger partial charge in [-0.1, -0.05) is 17.7 Å². The van der Waals surface area contributed by atoms with Gasteiger partial charge in [0.15, 0.2) is 0 Å². The highest BCUT2D eigenvalue weighted by Gasteiger charge is 2.02. The van der Waals surface area contributed by atoms with Crippen LogP contribution in [0.2, 0.25) is 5.02 Å². The van der Waals surface area contributed by atoms with E-state index in [0.717, 1.165) is 12.1 Å². The van der Waals surface area contributed by atoms with E-state index in [1.807, 2.05) is 6.79 Å². The van der Waals surface area contributed by atoms with E-state index in [1.165, 1.54) is 6.07 Å². The predicted octanol–water partition coefficient (Wildman–Crippen LogP) is 2.43. The van der Waals surface area contributed by atoms with E-state index in [0.29, 0.717) is 0 Å².